The van der Waals surface area contributed by atoms with Gasteiger partial charge in [-0.05, 0) is 18.6 Å². The van der Waals surface area contributed by atoms with Gasteiger partial charge in [0.25, 0.3) is 0 Å². The summed E-state index contributed by atoms with van der Waals surface area (Å²) in [6.45, 7) is 3.71. The van der Waals surface area contributed by atoms with Crippen LogP contribution in [0.4, 0.5) is 0 Å². The Morgan fingerprint density at radius 3 is 2.70 bits per heavy atom. The molecule has 6 heteroatoms. The normalized spacial score (nSPS) is 11.2. The molecule has 0 saturated heterocycles. The Kier molecular flexibility index (Phi) is 6.77. The van der Waals surface area contributed by atoms with Crippen molar-refractivity contribution in [1.29, 1.82) is 0 Å². The van der Waals surface area contributed by atoms with Crippen molar-refractivity contribution in [1.82, 2.24) is 20.2 Å². The summed E-state index contributed by atoms with van der Waals surface area (Å²) < 4.78 is 2.11. The predicted molar refractivity (Wildman–Crippen MR) is 94.6 cm³/mol. The average Bonchev–Trinajstić information content (AvgIpc) is 2.76. The fourth-order valence-corrected chi connectivity index (χ4v) is 1.98. The van der Waals surface area contributed by atoms with Crippen LogP contribution in [0, 0.1) is 0 Å². The van der Waals surface area contributed by atoms with E-state index in [2.05, 4.69) is 38.2 Å². The number of nitrogens with zero attached hydrogens (tertiary/aromatic N) is 3. The van der Waals surface area contributed by atoms with E-state index in [1.54, 1.807) is 7.05 Å². The lowest BCUT2D eigenvalue weighted by Crippen LogP contribution is -2.37. The zero-order valence-corrected chi connectivity index (χ0v) is 14.5. The van der Waals surface area contributed by atoms with E-state index in [-0.39, 0.29) is 24.0 Å². The largest absolute Gasteiger partial charge is 0.356 e. The number of halogens is 1. The van der Waals surface area contributed by atoms with E-state index < -0.39 is 0 Å². The summed E-state index contributed by atoms with van der Waals surface area (Å²) in [5.74, 6) is 1.81. The number of benzene rings is 1. The van der Waals surface area contributed by atoms with E-state index in [0.717, 1.165) is 35.8 Å². The minimum atomic E-state index is 0. The highest BCUT2D eigenvalue weighted by Gasteiger charge is 2.07. The average molecular weight is 387 g/mol. The van der Waals surface area contributed by atoms with Gasteiger partial charge in [-0.2, -0.15) is 0 Å². The summed E-state index contributed by atoms with van der Waals surface area (Å²) in [4.78, 5) is 8.80. The molecule has 0 unspecified atom stereocenters. The second-order valence-electron chi connectivity index (χ2n) is 4.43. The molecule has 0 amide bonds. The van der Waals surface area contributed by atoms with Crippen LogP contribution >= 0.6 is 24.0 Å². The number of nitrogens with one attached hydrogen (secondary N) is 2. The molecular weight excluding hydrogens is 365 g/mol. The number of imidazole rings is 1. The van der Waals surface area contributed by atoms with E-state index in [0.29, 0.717) is 6.54 Å². The Labute approximate surface area is 136 Å². The Bertz CT molecular complexity index is 576. The SMILES string of the molecule is CCCNC(=NC)NCc1nc2ccccc2n1C.I. The molecule has 1 aromatic carbocycles. The quantitative estimate of drug-likeness (QED) is 0.481. The molecule has 0 spiro atoms. The first-order valence-corrected chi connectivity index (χ1v) is 6.61. The fraction of sp³-hybridized carbons (Fsp3) is 0.429. The van der Waals surface area contributed by atoms with E-state index in [4.69, 9.17) is 0 Å². The van der Waals surface area contributed by atoms with Gasteiger partial charge in [-0.25, -0.2) is 4.98 Å². The van der Waals surface area contributed by atoms with Crippen LogP contribution in [0.1, 0.15) is 19.2 Å². The molecule has 0 radical (unpaired) electrons. The van der Waals surface area contributed by atoms with Crippen LogP contribution in [0.25, 0.3) is 11.0 Å². The summed E-state index contributed by atoms with van der Waals surface area (Å²) in [5.41, 5.74) is 2.18. The lowest BCUT2D eigenvalue weighted by Gasteiger charge is -2.10. The number of aryl methyl sites for hydroxylation is 1. The molecule has 20 heavy (non-hydrogen) atoms. The summed E-state index contributed by atoms with van der Waals surface area (Å²) in [6.07, 6.45) is 1.08. The molecule has 0 bridgehead atoms. The lowest BCUT2D eigenvalue weighted by molar-refractivity contribution is 0.730. The van der Waals surface area contributed by atoms with Crippen molar-refractivity contribution in [3.05, 3.63) is 30.1 Å². The van der Waals surface area contributed by atoms with Gasteiger partial charge in [0.1, 0.15) is 5.82 Å². The van der Waals surface area contributed by atoms with Crippen molar-refractivity contribution in [2.75, 3.05) is 13.6 Å². The number of para-hydroxylation sites is 2. The minimum Gasteiger partial charge on any atom is -0.356 e. The van der Waals surface area contributed by atoms with Crippen LogP contribution < -0.4 is 10.6 Å². The Morgan fingerprint density at radius 1 is 1.30 bits per heavy atom. The molecule has 2 N–H and O–H groups in total. The first-order valence-electron chi connectivity index (χ1n) is 6.61. The van der Waals surface area contributed by atoms with Gasteiger partial charge in [0.2, 0.25) is 0 Å². The van der Waals surface area contributed by atoms with Gasteiger partial charge in [0, 0.05) is 20.6 Å². The van der Waals surface area contributed by atoms with Crippen LogP contribution in [0.2, 0.25) is 0 Å². The molecule has 110 valence electrons. The molecule has 0 aliphatic heterocycles. The van der Waals surface area contributed by atoms with Crippen molar-refractivity contribution in [2.24, 2.45) is 12.0 Å². The molecule has 2 aromatic rings. The van der Waals surface area contributed by atoms with E-state index in [1.807, 2.05) is 25.2 Å². The third-order valence-electron chi connectivity index (χ3n) is 3.06. The fourth-order valence-electron chi connectivity index (χ4n) is 1.98. The standard InChI is InChI=1S/C14H21N5.HI/c1-4-9-16-14(15-2)17-10-13-18-11-7-5-6-8-12(11)19(13)3;/h5-8H,4,9-10H2,1-3H3,(H2,15,16,17);1H. The van der Waals surface area contributed by atoms with Gasteiger partial charge >= 0.3 is 0 Å². The third kappa shape index (κ3) is 3.84. The van der Waals surface area contributed by atoms with Gasteiger partial charge in [-0.3, -0.25) is 4.99 Å². The first kappa shape index (κ1) is 16.7. The van der Waals surface area contributed by atoms with Crippen molar-refractivity contribution >= 4 is 41.0 Å². The Morgan fingerprint density at radius 2 is 2.05 bits per heavy atom. The third-order valence-corrected chi connectivity index (χ3v) is 3.06. The zero-order valence-electron chi connectivity index (χ0n) is 12.2. The maximum Gasteiger partial charge on any atom is 0.191 e. The summed E-state index contributed by atoms with van der Waals surface area (Å²) in [6, 6.07) is 8.15. The van der Waals surface area contributed by atoms with Crippen molar-refractivity contribution in [3.8, 4) is 0 Å². The van der Waals surface area contributed by atoms with E-state index in [9.17, 15) is 0 Å². The van der Waals surface area contributed by atoms with Crippen LogP contribution in [-0.4, -0.2) is 29.1 Å². The number of rotatable bonds is 4. The second-order valence-corrected chi connectivity index (χ2v) is 4.43. The smallest absolute Gasteiger partial charge is 0.191 e. The molecule has 0 aliphatic rings. The van der Waals surface area contributed by atoms with Crippen LogP contribution in [0.15, 0.2) is 29.3 Å². The number of aromatic nitrogens is 2. The monoisotopic (exact) mass is 387 g/mol. The van der Waals surface area contributed by atoms with E-state index >= 15 is 0 Å². The second kappa shape index (κ2) is 8.08. The number of hydrogen-bond acceptors (Lipinski definition) is 2. The molecule has 0 saturated carbocycles. The van der Waals surface area contributed by atoms with Crippen LogP contribution in [0.5, 0.6) is 0 Å². The number of guanidine groups is 1. The summed E-state index contributed by atoms with van der Waals surface area (Å²) in [7, 11) is 3.81. The molecule has 5 nitrogen and oxygen atoms in total. The van der Waals surface area contributed by atoms with Gasteiger partial charge < -0.3 is 15.2 Å². The lowest BCUT2D eigenvalue weighted by atomic mass is 10.3. The number of fused-ring (bicyclic) bond motifs is 1. The predicted octanol–water partition coefficient (Wildman–Crippen LogP) is 2.27. The van der Waals surface area contributed by atoms with E-state index in [1.165, 1.54) is 0 Å². The molecular formula is C14H22IN5. The van der Waals surface area contributed by atoms with Crippen molar-refractivity contribution < 1.29 is 0 Å². The Balaban J connectivity index is 0.00000200. The Hall–Kier alpha value is -1.31. The molecule has 1 heterocycles. The number of hydrogen-bond donors (Lipinski definition) is 2. The van der Waals surface area contributed by atoms with Crippen molar-refractivity contribution in [3.63, 3.8) is 0 Å². The number of aliphatic imine (C=N–C) groups is 1. The maximum absolute atomic E-state index is 4.62. The summed E-state index contributed by atoms with van der Waals surface area (Å²) >= 11 is 0. The topological polar surface area (TPSA) is 54.2 Å². The highest BCUT2D eigenvalue weighted by Crippen LogP contribution is 2.13. The zero-order chi connectivity index (χ0) is 13.7. The minimum absolute atomic E-state index is 0. The van der Waals surface area contributed by atoms with Crippen molar-refractivity contribution in [2.45, 2.75) is 19.9 Å². The maximum atomic E-state index is 4.62. The van der Waals surface area contributed by atoms with Crippen LogP contribution in [0.3, 0.4) is 0 Å². The molecule has 0 atom stereocenters. The molecule has 0 fully saturated rings. The first-order chi connectivity index (χ1) is 9.26. The molecule has 0 aliphatic carbocycles. The molecule has 1 aromatic heterocycles. The van der Waals surface area contributed by atoms with Gasteiger partial charge in [0.05, 0.1) is 17.6 Å². The van der Waals surface area contributed by atoms with Gasteiger partial charge in [-0.1, -0.05) is 19.1 Å². The van der Waals surface area contributed by atoms with Gasteiger partial charge in [-0.15, -0.1) is 24.0 Å². The highest BCUT2D eigenvalue weighted by atomic mass is 127. The summed E-state index contributed by atoms with van der Waals surface area (Å²) in [5, 5.41) is 6.52. The highest BCUT2D eigenvalue weighted by molar-refractivity contribution is 14.0. The van der Waals surface area contributed by atoms with Gasteiger partial charge in [0.15, 0.2) is 5.96 Å². The molecule has 2 rings (SSSR count). The van der Waals surface area contributed by atoms with Crippen LogP contribution in [-0.2, 0) is 13.6 Å².